The van der Waals surface area contributed by atoms with Crippen LogP contribution in [0.1, 0.15) is 37.3 Å². The third-order valence-electron chi connectivity index (χ3n) is 4.34. The molecule has 2 aromatic rings. The van der Waals surface area contributed by atoms with Crippen molar-refractivity contribution in [2.75, 3.05) is 5.32 Å². The van der Waals surface area contributed by atoms with E-state index in [1.807, 2.05) is 56.4 Å². The molecule has 1 heterocycles. The van der Waals surface area contributed by atoms with E-state index < -0.39 is 0 Å². The van der Waals surface area contributed by atoms with Crippen molar-refractivity contribution in [1.82, 2.24) is 15.6 Å². The molecule has 0 aliphatic heterocycles. The Morgan fingerprint density at radius 3 is 2.62 bits per heavy atom. The average molecular weight is 352 g/mol. The highest BCUT2D eigenvalue weighted by Crippen LogP contribution is 2.47. The van der Waals surface area contributed by atoms with Crippen molar-refractivity contribution >= 4 is 17.6 Å². The average Bonchev–Trinajstić information content (AvgIpc) is 3.42. The van der Waals surface area contributed by atoms with E-state index in [2.05, 4.69) is 20.9 Å². The predicted molar refractivity (Wildman–Crippen MR) is 101 cm³/mol. The van der Waals surface area contributed by atoms with E-state index >= 15 is 0 Å². The molecule has 6 heteroatoms. The van der Waals surface area contributed by atoms with Gasteiger partial charge in [-0.2, -0.15) is 0 Å². The Bertz CT molecular complexity index is 759. The molecule has 3 amide bonds. The van der Waals surface area contributed by atoms with Gasteiger partial charge in [0.25, 0.3) is 0 Å². The van der Waals surface area contributed by atoms with Crippen molar-refractivity contribution in [3.05, 3.63) is 59.9 Å². The number of carbonyl (C=O) groups excluding carboxylic acids is 2. The summed E-state index contributed by atoms with van der Waals surface area (Å²) in [5.41, 5.74) is 2.84. The number of nitrogens with zero attached hydrogens (tertiary/aromatic N) is 1. The summed E-state index contributed by atoms with van der Waals surface area (Å²) in [4.78, 5) is 28.1. The molecule has 1 aliphatic rings. The summed E-state index contributed by atoms with van der Waals surface area (Å²) in [6.45, 7) is 4.29. The van der Waals surface area contributed by atoms with E-state index in [4.69, 9.17) is 0 Å². The smallest absolute Gasteiger partial charge is 0.319 e. The molecular formula is C20H24N4O2. The van der Waals surface area contributed by atoms with Gasteiger partial charge in [0.05, 0.1) is 0 Å². The van der Waals surface area contributed by atoms with Gasteiger partial charge in [-0.15, -0.1) is 0 Å². The van der Waals surface area contributed by atoms with Gasteiger partial charge in [-0.3, -0.25) is 9.78 Å². The van der Waals surface area contributed by atoms with Gasteiger partial charge in [0.2, 0.25) is 5.91 Å². The first-order valence-corrected chi connectivity index (χ1v) is 8.87. The van der Waals surface area contributed by atoms with E-state index in [0.29, 0.717) is 6.54 Å². The molecule has 3 rings (SSSR count). The highest BCUT2D eigenvalue weighted by molar-refractivity contribution is 5.89. The summed E-state index contributed by atoms with van der Waals surface area (Å²) in [6, 6.07) is 11.2. The summed E-state index contributed by atoms with van der Waals surface area (Å²) in [7, 11) is 0. The fourth-order valence-electron chi connectivity index (χ4n) is 2.90. The van der Waals surface area contributed by atoms with Crippen LogP contribution in [0.25, 0.3) is 0 Å². The Kier molecular flexibility index (Phi) is 5.51. The lowest BCUT2D eigenvalue weighted by molar-refractivity contribution is -0.122. The number of aromatic nitrogens is 1. The summed E-state index contributed by atoms with van der Waals surface area (Å²) in [6.07, 6.45) is 4.45. The molecule has 0 unspecified atom stereocenters. The molecule has 1 aromatic heterocycles. The van der Waals surface area contributed by atoms with Gasteiger partial charge in [0.1, 0.15) is 0 Å². The van der Waals surface area contributed by atoms with Crippen LogP contribution in [-0.4, -0.2) is 23.0 Å². The fraction of sp³-hybridized carbons (Fsp3) is 0.350. The second kappa shape index (κ2) is 7.99. The molecule has 3 N–H and O–H groups in total. The van der Waals surface area contributed by atoms with E-state index in [0.717, 1.165) is 23.2 Å². The SMILES string of the molecule is CC(C)NC(=O)Nc1ccc(CNC(=O)[C@H]2C[C@@H]2c2cccnc2)cc1. The number of amides is 3. The quantitative estimate of drug-likeness (QED) is 0.747. The molecule has 1 saturated carbocycles. The summed E-state index contributed by atoms with van der Waals surface area (Å²) < 4.78 is 0. The maximum atomic E-state index is 12.3. The molecule has 0 spiro atoms. The van der Waals surface area contributed by atoms with Crippen molar-refractivity contribution in [2.24, 2.45) is 5.92 Å². The van der Waals surface area contributed by atoms with E-state index in [-0.39, 0.29) is 29.8 Å². The number of rotatable bonds is 6. The molecule has 0 saturated heterocycles. The lowest BCUT2D eigenvalue weighted by Gasteiger charge is -2.11. The van der Waals surface area contributed by atoms with Crippen molar-refractivity contribution in [2.45, 2.75) is 38.8 Å². The lowest BCUT2D eigenvalue weighted by atomic mass is 10.1. The van der Waals surface area contributed by atoms with Gasteiger partial charge in [0, 0.05) is 36.6 Å². The number of carbonyl (C=O) groups is 2. The van der Waals surface area contributed by atoms with E-state index in [9.17, 15) is 9.59 Å². The van der Waals surface area contributed by atoms with Crippen molar-refractivity contribution in [3.63, 3.8) is 0 Å². The van der Waals surface area contributed by atoms with Crippen LogP contribution in [0.3, 0.4) is 0 Å². The molecule has 26 heavy (non-hydrogen) atoms. The van der Waals surface area contributed by atoms with Crippen LogP contribution in [0.4, 0.5) is 10.5 Å². The first kappa shape index (κ1) is 17.9. The van der Waals surface area contributed by atoms with Crippen LogP contribution in [0.5, 0.6) is 0 Å². The molecule has 0 radical (unpaired) electrons. The molecule has 0 bridgehead atoms. The third-order valence-corrected chi connectivity index (χ3v) is 4.34. The summed E-state index contributed by atoms with van der Waals surface area (Å²) >= 11 is 0. The van der Waals surface area contributed by atoms with Crippen LogP contribution in [0, 0.1) is 5.92 Å². The molecule has 6 nitrogen and oxygen atoms in total. The zero-order valence-electron chi connectivity index (χ0n) is 15.0. The zero-order valence-corrected chi connectivity index (χ0v) is 15.0. The molecular weight excluding hydrogens is 328 g/mol. The van der Waals surface area contributed by atoms with E-state index in [1.54, 1.807) is 6.20 Å². The summed E-state index contributed by atoms with van der Waals surface area (Å²) in [5.74, 6) is 0.409. The topological polar surface area (TPSA) is 83.1 Å². The minimum atomic E-state index is -0.226. The lowest BCUT2D eigenvalue weighted by Crippen LogP contribution is -2.34. The predicted octanol–water partition coefficient (Wildman–Crippen LogP) is 3.03. The first-order valence-electron chi connectivity index (χ1n) is 8.87. The minimum Gasteiger partial charge on any atom is -0.352 e. The molecule has 1 aromatic carbocycles. The summed E-state index contributed by atoms with van der Waals surface area (Å²) in [5, 5.41) is 8.53. The number of hydrogen-bond acceptors (Lipinski definition) is 3. The third kappa shape index (κ3) is 4.81. The second-order valence-electron chi connectivity index (χ2n) is 6.90. The van der Waals surface area contributed by atoms with Gasteiger partial charge < -0.3 is 16.0 Å². The maximum Gasteiger partial charge on any atom is 0.319 e. The van der Waals surface area contributed by atoms with Crippen molar-refractivity contribution in [3.8, 4) is 0 Å². The Hall–Kier alpha value is -2.89. The molecule has 1 aliphatic carbocycles. The standard InChI is InChI=1S/C20H24N4O2/c1-13(2)23-20(26)24-16-7-5-14(6-8-16)11-22-19(25)18-10-17(18)15-4-3-9-21-12-15/h3-9,12-13,17-18H,10-11H2,1-2H3,(H,22,25)(H2,23,24,26)/t17-,18+/m1/s1. The fourth-order valence-corrected chi connectivity index (χ4v) is 2.90. The van der Waals surface area contributed by atoms with Gasteiger partial charge >= 0.3 is 6.03 Å². The van der Waals surface area contributed by atoms with E-state index in [1.165, 1.54) is 0 Å². The molecule has 136 valence electrons. The highest BCUT2D eigenvalue weighted by Gasteiger charge is 2.43. The number of anilines is 1. The molecule has 2 atom stereocenters. The van der Waals surface area contributed by atoms with Crippen LogP contribution >= 0.6 is 0 Å². The molecule has 1 fully saturated rings. The van der Waals surface area contributed by atoms with Crippen LogP contribution in [0.15, 0.2) is 48.8 Å². The maximum absolute atomic E-state index is 12.3. The number of urea groups is 1. The first-order chi connectivity index (χ1) is 12.5. The van der Waals surface area contributed by atoms with Crippen LogP contribution < -0.4 is 16.0 Å². The van der Waals surface area contributed by atoms with Crippen molar-refractivity contribution < 1.29 is 9.59 Å². The zero-order chi connectivity index (χ0) is 18.5. The van der Waals surface area contributed by atoms with Crippen molar-refractivity contribution in [1.29, 1.82) is 0 Å². The number of pyridine rings is 1. The highest BCUT2D eigenvalue weighted by atomic mass is 16.2. The monoisotopic (exact) mass is 352 g/mol. The number of hydrogen-bond donors (Lipinski definition) is 3. The van der Waals surface area contributed by atoms with Gasteiger partial charge in [-0.05, 0) is 55.5 Å². The van der Waals surface area contributed by atoms with Crippen LogP contribution in [-0.2, 0) is 11.3 Å². The Balaban J connectivity index is 1.45. The van der Waals surface area contributed by atoms with Crippen LogP contribution in [0.2, 0.25) is 0 Å². The van der Waals surface area contributed by atoms with Gasteiger partial charge in [0.15, 0.2) is 0 Å². The Morgan fingerprint density at radius 2 is 1.96 bits per heavy atom. The Morgan fingerprint density at radius 1 is 1.19 bits per heavy atom. The Labute approximate surface area is 153 Å². The largest absolute Gasteiger partial charge is 0.352 e. The number of nitrogens with one attached hydrogen (secondary N) is 3. The number of benzene rings is 1. The second-order valence-corrected chi connectivity index (χ2v) is 6.90. The van der Waals surface area contributed by atoms with Gasteiger partial charge in [-0.25, -0.2) is 4.79 Å². The minimum absolute atomic E-state index is 0.0415. The normalized spacial score (nSPS) is 18.3. The van der Waals surface area contributed by atoms with Gasteiger partial charge in [-0.1, -0.05) is 18.2 Å².